The Hall–Kier alpha value is -1.05. The van der Waals surface area contributed by atoms with Crippen LogP contribution >= 0.6 is 23.2 Å². The van der Waals surface area contributed by atoms with E-state index in [1.54, 1.807) is 12.1 Å². The van der Waals surface area contributed by atoms with E-state index in [0.717, 1.165) is 45.0 Å². The second-order valence-electron chi connectivity index (χ2n) is 5.26. The van der Waals surface area contributed by atoms with Gasteiger partial charge in [-0.05, 0) is 12.1 Å². The summed E-state index contributed by atoms with van der Waals surface area (Å²) < 4.78 is 10.7. The van der Waals surface area contributed by atoms with Crippen molar-refractivity contribution in [2.45, 2.75) is 6.54 Å². The molecule has 1 aromatic rings. The molecule has 1 aliphatic heterocycles. The summed E-state index contributed by atoms with van der Waals surface area (Å²) in [5, 5.41) is 4.22. The Morgan fingerprint density at radius 2 is 2.09 bits per heavy atom. The topological polar surface area (TPSA) is 76.8 Å². The van der Waals surface area contributed by atoms with E-state index < -0.39 is 5.91 Å². The van der Waals surface area contributed by atoms with Crippen molar-refractivity contribution in [3.8, 4) is 5.75 Å². The molecule has 0 spiro atoms. The van der Waals surface area contributed by atoms with Gasteiger partial charge in [0.15, 0.2) is 6.61 Å². The van der Waals surface area contributed by atoms with Crippen molar-refractivity contribution in [1.29, 1.82) is 0 Å². The molecule has 6 nitrogen and oxygen atoms in total. The smallest absolute Gasteiger partial charge is 0.255 e. The molecule has 0 aromatic heterocycles. The minimum atomic E-state index is -0.553. The van der Waals surface area contributed by atoms with Gasteiger partial charge in [-0.1, -0.05) is 23.2 Å². The van der Waals surface area contributed by atoms with Crippen molar-refractivity contribution in [3.63, 3.8) is 0 Å². The number of rotatable bonds is 8. The molecule has 1 amide bonds. The molecule has 1 fully saturated rings. The maximum Gasteiger partial charge on any atom is 0.255 e. The molecule has 128 valence electrons. The zero-order valence-corrected chi connectivity index (χ0v) is 14.3. The molecule has 8 heteroatoms. The van der Waals surface area contributed by atoms with Crippen LogP contribution in [0.2, 0.25) is 10.0 Å². The van der Waals surface area contributed by atoms with E-state index in [1.165, 1.54) is 0 Å². The van der Waals surface area contributed by atoms with E-state index in [9.17, 15) is 4.79 Å². The summed E-state index contributed by atoms with van der Waals surface area (Å²) >= 11 is 12.2. The minimum absolute atomic E-state index is 0.220. The molecule has 2 rings (SSSR count). The quantitative estimate of drug-likeness (QED) is 0.682. The Kier molecular flexibility index (Phi) is 7.39. The van der Waals surface area contributed by atoms with Gasteiger partial charge in [-0.3, -0.25) is 9.69 Å². The summed E-state index contributed by atoms with van der Waals surface area (Å²) in [6.07, 6.45) is 0. The molecule has 0 unspecified atom stereocenters. The van der Waals surface area contributed by atoms with E-state index in [2.05, 4.69) is 10.2 Å². The van der Waals surface area contributed by atoms with Crippen LogP contribution in [-0.4, -0.2) is 56.8 Å². The van der Waals surface area contributed by atoms with E-state index in [4.69, 9.17) is 38.4 Å². The number of nitrogens with one attached hydrogen (secondary N) is 1. The SMILES string of the molecule is NC(=O)COc1c(Cl)cc(Cl)cc1CNCCN1CCOCC1. The molecule has 1 aliphatic rings. The van der Waals surface area contributed by atoms with Crippen LogP contribution in [0.4, 0.5) is 0 Å². The summed E-state index contributed by atoms with van der Waals surface area (Å²) in [5.41, 5.74) is 5.91. The van der Waals surface area contributed by atoms with Crippen LogP contribution in [0.3, 0.4) is 0 Å². The van der Waals surface area contributed by atoms with Crippen LogP contribution in [-0.2, 0) is 16.1 Å². The first-order chi connectivity index (χ1) is 11.1. The highest BCUT2D eigenvalue weighted by molar-refractivity contribution is 6.35. The van der Waals surface area contributed by atoms with Crippen molar-refractivity contribution in [2.75, 3.05) is 46.0 Å². The maximum absolute atomic E-state index is 10.9. The lowest BCUT2D eigenvalue weighted by Gasteiger charge is -2.26. The van der Waals surface area contributed by atoms with Gasteiger partial charge in [0.25, 0.3) is 5.91 Å². The summed E-state index contributed by atoms with van der Waals surface area (Å²) in [4.78, 5) is 13.2. The molecule has 0 radical (unpaired) electrons. The Morgan fingerprint density at radius 1 is 1.35 bits per heavy atom. The number of primary amides is 1. The Labute approximate surface area is 145 Å². The number of ether oxygens (including phenoxy) is 2. The van der Waals surface area contributed by atoms with Gasteiger partial charge in [0.2, 0.25) is 0 Å². The molecule has 3 N–H and O–H groups in total. The van der Waals surface area contributed by atoms with Gasteiger partial charge in [0, 0.05) is 43.3 Å². The number of nitrogens with zero attached hydrogens (tertiary/aromatic N) is 1. The van der Waals surface area contributed by atoms with Crippen LogP contribution in [0.5, 0.6) is 5.75 Å². The molecular weight excluding hydrogens is 341 g/mol. The minimum Gasteiger partial charge on any atom is -0.482 e. The number of halogens is 2. The fourth-order valence-electron chi connectivity index (χ4n) is 2.33. The summed E-state index contributed by atoms with van der Waals surface area (Å²) in [5.74, 6) is -0.115. The van der Waals surface area contributed by atoms with E-state index in [0.29, 0.717) is 22.3 Å². The molecule has 0 atom stereocenters. The maximum atomic E-state index is 10.9. The lowest BCUT2D eigenvalue weighted by atomic mass is 10.2. The zero-order valence-electron chi connectivity index (χ0n) is 12.8. The molecule has 0 saturated carbocycles. The van der Waals surface area contributed by atoms with Gasteiger partial charge in [0.05, 0.1) is 18.2 Å². The normalized spacial score (nSPS) is 15.6. The highest BCUT2D eigenvalue weighted by Gasteiger charge is 2.13. The van der Waals surface area contributed by atoms with Crippen LogP contribution < -0.4 is 15.8 Å². The molecule has 1 heterocycles. The summed E-state index contributed by atoms with van der Waals surface area (Å²) in [6.45, 7) is 5.56. The van der Waals surface area contributed by atoms with E-state index in [-0.39, 0.29) is 6.61 Å². The molecular formula is C15H21Cl2N3O3. The molecule has 1 aromatic carbocycles. The zero-order chi connectivity index (χ0) is 16.7. The second-order valence-corrected chi connectivity index (χ2v) is 6.11. The van der Waals surface area contributed by atoms with Crippen molar-refractivity contribution in [3.05, 3.63) is 27.7 Å². The van der Waals surface area contributed by atoms with Crippen LogP contribution in [0.25, 0.3) is 0 Å². The fraction of sp³-hybridized carbons (Fsp3) is 0.533. The van der Waals surface area contributed by atoms with Gasteiger partial charge in [-0.15, -0.1) is 0 Å². The van der Waals surface area contributed by atoms with Crippen molar-refractivity contribution < 1.29 is 14.3 Å². The predicted molar refractivity (Wildman–Crippen MR) is 90.1 cm³/mol. The largest absolute Gasteiger partial charge is 0.482 e. The highest BCUT2D eigenvalue weighted by Crippen LogP contribution is 2.32. The summed E-state index contributed by atoms with van der Waals surface area (Å²) in [7, 11) is 0. The number of amides is 1. The van der Waals surface area contributed by atoms with Crippen molar-refractivity contribution >= 4 is 29.1 Å². The van der Waals surface area contributed by atoms with Crippen molar-refractivity contribution in [1.82, 2.24) is 10.2 Å². The van der Waals surface area contributed by atoms with Gasteiger partial charge < -0.3 is 20.5 Å². The number of nitrogens with two attached hydrogens (primary N) is 1. The lowest BCUT2D eigenvalue weighted by molar-refractivity contribution is -0.119. The number of hydrogen-bond acceptors (Lipinski definition) is 5. The van der Waals surface area contributed by atoms with Gasteiger partial charge in [-0.25, -0.2) is 0 Å². The Bertz CT molecular complexity index is 537. The van der Waals surface area contributed by atoms with Crippen molar-refractivity contribution in [2.24, 2.45) is 5.73 Å². The van der Waals surface area contributed by atoms with E-state index in [1.807, 2.05) is 0 Å². The second kappa shape index (κ2) is 9.30. The third kappa shape index (κ3) is 6.16. The van der Waals surface area contributed by atoms with Gasteiger partial charge >= 0.3 is 0 Å². The Balaban J connectivity index is 1.88. The molecule has 23 heavy (non-hydrogen) atoms. The van der Waals surface area contributed by atoms with Gasteiger partial charge in [0.1, 0.15) is 5.75 Å². The highest BCUT2D eigenvalue weighted by atomic mass is 35.5. The average Bonchev–Trinajstić information content (AvgIpc) is 2.51. The third-order valence-corrected chi connectivity index (χ3v) is 3.97. The van der Waals surface area contributed by atoms with Crippen LogP contribution in [0.15, 0.2) is 12.1 Å². The molecule has 0 bridgehead atoms. The summed E-state index contributed by atoms with van der Waals surface area (Å²) in [6, 6.07) is 3.35. The van der Waals surface area contributed by atoms with Crippen LogP contribution in [0, 0.1) is 0 Å². The Morgan fingerprint density at radius 3 is 2.78 bits per heavy atom. The molecule has 0 aliphatic carbocycles. The molecule has 1 saturated heterocycles. The monoisotopic (exact) mass is 361 g/mol. The first kappa shape index (κ1) is 18.3. The van der Waals surface area contributed by atoms with Gasteiger partial charge in [-0.2, -0.15) is 0 Å². The van der Waals surface area contributed by atoms with E-state index >= 15 is 0 Å². The van der Waals surface area contributed by atoms with Crippen LogP contribution in [0.1, 0.15) is 5.56 Å². The lowest BCUT2D eigenvalue weighted by Crippen LogP contribution is -2.40. The number of benzene rings is 1. The number of carbonyl (C=O) groups excluding carboxylic acids is 1. The number of morpholine rings is 1. The third-order valence-electron chi connectivity index (χ3n) is 3.47. The predicted octanol–water partition coefficient (Wildman–Crippen LogP) is 1.28. The number of carbonyl (C=O) groups is 1. The first-order valence-electron chi connectivity index (χ1n) is 7.46. The fourth-order valence-corrected chi connectivity index (χ4v) is 2.93. The standard InChI is InChI=1S/C15H21Cl2N3O3/c16-12-7-11(15(13(17)8-12)23-10-14(18)21)9-19-1-2-20-3-5-22-6-4-20/h7-8,19H,1-6,9-10H2,(H2,18,21). The first-order valence-corrected chi connectivity index (χ1v) is 8.21. The number of hydrogen-bond donors (Lipinski definition) is 2. The average molecular weight is 362 g/mol.